The van der Waals surface area contributed by atoms with Gasteiger partial charge in [0.25, 0.3) is 10.0 Å². The summed E-state index contributed by atoms with van der Waals surface area (Å²) in [6.07, 6.45) is 2.32. The number of amides is 1. The Morgan fingerprint density at radius 1 is 1.45 bits per heavy atom. The first-order valence-corrected chi connectivity index (χ1v) is 7.80. The zero-order valence-corrected chi connectivity index (χ0v) is 12.3. The number of carbonyl (C=O) groups is 1. The lowest BCUT2D eigenvalue weighted by atomic mass is 10.1. The van der Waals surface area contributed by atoms with Gasteiger partial charge in [0, 0.05) is 7.05 Å². The maximum absolute atomic E-state index is 12.3. The average Bonchev–Trinajstić information content (AvgIpc) is 3.11. The van der Waals surface area contributed by atoms with Crippen LogP contribution < -0.4 is 10.0 Å². The van der Waals surface area contributed by atoms with Crippen molar-refractivity contribution in [3.8, 4) is 0 Å². The van der Waals surface area contributed by atoms with Gasteiger partial charge in [-0.05, 0) is 24.5 Å². The molecule has 1 fully saturated rings. The van der Waals surface area contributed by atoms with E-state index in [0.717, 1.165) is 0 Å². The third kappa shape index (κ3) is 2.43. The van der Waals surface area contributed by atoms with E-state index >= 15 is 0 Å². The average molecular weight is 294 g/mol. The van der Waals surface area contributed by atoms with Crippen LogP contribution in [0.1, 0.15) is 13.3 Å². The summed E-state index contributed by atoms with van der Waals surface area (Å²) in [5.41, 5.74) is -0.210. The number of para-hydroxylation sites is 1. The van der Waals surface area contributed by atoms with Gasteiger partial charge < -0.3 is 5.32 Å². The molecular formula is C14H18N2O3S. The summed E-state index contributed by atoms with van der Waals surface area (Å²) in [6.45, 7) is 5.39. The van der Waals surface area contributed by atoms with Crippen LogP contribution in [0.25, 0.3) is 0 Å². The fourth-order valence-corrected chi connectivity index (χ4v) is 3.51. The molecule has 0 aliphatic heterocycles. The van der Waals surface area contributed by atoms with Gasteiger partial charge in [-0.25, -0.2) is 13.1 Å². The molecule has 2 atom stereocenters. The Labute approximate surface area is 119 Å². The van der Waals surface area contributed by atoms with Crippen LogP contribution in [0, 0.1) is 11.3 Å². The van der Waals surface area contributed by atoms with E-state index in [1.165, 1.54) is 6.07 Å². The van der Waals surface area contributed by atoms with Crippen LogP contribution in [0.5, 0.6) is 0 Å². The predicted molar refractivity (Wildman–Crippen MR) is 77.7 cm³/mol. The number of hydrogen-bond acceptors (Lipinski definition) is 4. The van der Waals surface area contributed by atoms with Crippen molar-refractivity contribution in [3.63, 3.8) is 0 Å². The minimum absolute atomic E-state index is 0.0391. The highest BCUT2D eigenvalue weighted by Crippen LogP contribution is 2.53. The molecule has 20 heavy (non-hydrogen) atoms. The standard InChI is InChI=1S/C14H18N2O3S/c1-4-10-9-14(10,2)13(17)16-20(18,19)12-8-6-5-7-11(12)15-3/h4-8,10,15H,1,9H2,2-3H3,(H,16,17)/t10-,14+/m1/s1. The van der Waals surface area contributed by atoms with Crippen molar-refractivity contribution < 1.29 is 13.2 Å². The molecule has 0 aromatic heterocycles. The van der Waals surface area contributed by atoms with Gasteiger partial charge in [-0.15, -0.1) is 6.58 Å². The molecule has 0 heterocycles. The quantitative estimate of drug-likeness (QED) is 0.811. The maximum atomic E-state index is 12.3. The fourth-order valence-electron chi connectivity index (χ4n) is 2.20. The number of nitrogens with one attached hydrogen (secondary N) is 2. The summed E-state index contributed by atoms with van der Waals surface area (Å²) in [7, 11) is -2.24. The van der Waals surface area contributed by atoms with Gasteiger partial charge in [0.2, 0.25) is 5.91 Å². The second-order valence-corrected chi connectivity index (χ2v) is 6.80. The van der Waals surface area contributed by atoms with Crippen LogP contribution in [-0.4, -0.2) is 21.4 Å². The van der Waals surface area contributed by atoms with Crippen LogP contribution in [0.2, 0.25) is 0 Å². The van der Waals surface area contributed by atoms with Crippen molar-refractivity contribution in [1.82, 2.24) is 4.72 Å². The van der Waals surface area contributed by atoms with Crippen molar-refractivity contribution >= 4 is 21.6 Å². The lowest BCUT2D eigenvalue weighted by Gasteiger charge is -2.14. The van der Waals surface area contributed by atoms with Gasteiger partial charge in [-0.1, -0.05) is 25.1 Å². The molecule has 5 nitrogen and oxygen atoms in total. The summed E-state index contributed by atoms with van der Waals surface area (Å²) >= 11 is 0. The van der Waals surface area contributed by atoms with E-state index in [0.29, 0.717) is 12.1 Å². The number of benzene rings is 1. The lowest BCUT2D eigenvalue weighted by molar-refractivity contribution is -0.124. The molecule has 1 aromatic carbocycles. The molecule has 1 amide bonds. The highest BCUT2D eigenvalue weighted by atomic mass is 32.2. The first kappa shape index (κ1) is 14.6. The Bertz CT molecular complexity index is 654. The third-order valence-corrected chi connectivity index (χ3v) is 5.17. The SMILES string of the molecule is C=C[C@@H]1C[C@]1(C)C(=O)NS(=O)(=O)c1ccccc1NC. The van der Waals surface area contributed by atoms with Gasteiger partial charge in [-0.3, -0.25) is 4.79 Å². The van der Waals surface area contributed by atoms with Gasteiger partial charge in [0.1, 0.15) is 4.90 Å². The second kappa shape index (κ2) is 4.94. The fraction of sp³-hybridized carbons (Fsp3) is 0.357. The highest BCUT2D eigenvalue weighted by molar-refractivity contribution is 7.90. The number of anilines is 1. The Morgan fingerprint density at radius 3 is 2.65 bits per heavy atom. The van der Waals surface area contributed by atoms with E-state index in [4.69, 9.17) is 0 Å². The number of sulfonamides is 1. The zero-order valence-electron chi connectivity index (χ0n) is 11.5. The van der Waals surface area contributed by atoms with Gasteiger partial charge in [0.15, 0.2) is 0 Å². The smallest absolute Gasteiger partial charge is 0.266 e. The largest absolute Gasteiger partial charge is 0.387 e. The van der Waals surface area contributed by atoms with Crippen LogP contribution in [0.4, 0.5) is 5.69 Å². The van der Waals surface area contributed by atoms with Gasteiger partial charge >= 0.3 is 0 Å². The third-order valence-electron chi connectivity index (χ3n) is 3.78. The first-order chi connectivity index (χ1) is 9.35. The molecule has 108 valence electrons. The minimum atomic E-state index is -3.87. The van der Waals surface area contributed by atoms with E-state index < -0.39 is 21.3 Å². The van der Waals surface area contributed by atoms with E-state index in [-0.39, 0.29) is 10.8 Å². The molecule has 1 aliphatic rings. The summed E-state index contributed by atoms with van der Waals surface area (Å²) in [4.78, 5) is 12.2. The van der Waals surface area contributed by atoms with Gasteiger partial charge in [-0.2, -0.15) is 0 Å². The maximum Gasteiger partial charge on any atom is 0.266 e. The predicted octanol–water partition coefficient (Wildman–Crippen LogP) is 1.75. The number of allylic oxidation sites excluding steroid dienone is 1. The molecular weight excluding hydrogens is 276 g/mol. The molecule has 0 spiro atoms. The summed E-state index contributed by atoms with van der Waals surface area (Å²) in [6, 6.07) is 6.44. The van der Waals surface area contributed by atoms with Crippen molar-refractivity contribution in [2.75, 3.05) is 12.4 Å². The Kier molecular flexibility index (Phi) is 3.60. The Balaban J connectivity index is 2.24. The zero-order chi connectivity index (χ0) is 15.0. The van der Waals surface area contributed by atoms with E-state index in [9.17, 15) is 13.2 Å². The molecule has 0 radical (unpaired) electrons. The number of carbonyl (C=O) groups excluding carboxylic acids is 1. The van der Waals surface area contributed by atoms with Crippen LogP contribution in [0.15, 0.2) is 41.8 Å². The molecule has 1 aliphatic carbocycles. The summed E-state index contributed by atoms with van der Waals surface area (Å²) in [5.74, 6) is -0.439. The van der Waals surface area contributed by atoms with Crippen molar-refractivity contribution in [2.45, 2.75) is 18.2 Å². The molecule has 2 N–H and O–H groups in total. The molecule has 0 saturated heterocycles. The lowest BCUT2D eigenvalue weighted by Crippen LogP contribution is -2.36. The number of rotatable bonds is 5. The highest BCUT2D eigenvalue weighted by Gasteiger charge is 2.55. The van der Waals surface area contributed by atoms with E-state index in [2.05, 4.69) is 16.6 Å². The number of hydrogen-bond donors (Lipinski definition) is 2. The van der Waals surface area contributed by atoms with Crippen molar-refractivity contribution in [2.24, 2.45) is 11.3 Å². The first-order valence-electron chi connectivity index (χ1n) is 6.32. The van der Waals surface area contributed by atoms with Crippen LogP contribution in [0.3, 0.4) is 0 Å². The molecule has 0 unspecified atom stereocenters. The molecule has 1 aromatic rings. The van der Waals surface area contributed by atoms with Crippen LogP contribution in [-0.2, 0) is 14.8 Å². The molecule has 1 saturated carbocycles. The normalized spacial score (nSPS) is 24.8. The minimum Gasteiger partial charge on any atom is -0.387 e. The summed E-state index contributed by atoms with van der Waals surface area (Å²) in [5, 5.41) is 2.80. The van der Waals surface area contributed by atoms with Crippen molar-refractivity contribution in [3.05, 3.63) is 36.9 Å². The summed E-state index contributed by atoms with van der Waals surface area (Å²) < 4.78 is 26.7. The van der Waals surface area contributed by atoms with Crippen molar-refractivity contribution in [1.29, 1.82) is 0 Å². The van der Waals surface area contributed by atoms with Crippen LogP contribution >= 0.6 is 0 Å². The van der Waals surface area contributed by atoms with E-state index in [1.807, 2.05) is 0 Å². The molecule has 6 heteroatoms. The second-order valence-electron chi connectivity index (χ2n) is 5.14. The Hall–Kier alpha value is -1.82. The Morgan fingerprint density at radius 2 is 2.10 bits per heavy atom. The van der Waals surface area contributed by atoms with E-state index in [1.54, 1.807) is 38.2 Å². The monoisotopic (exact) mass is 294 g/mol. The molecule has 0 bridgehead atoms. The topological polar surface area (TPSA) is 75.3 Å². The molecule has 2 rings (SSSR count). The van der Waals surface area contributed by atoms with Gasteiger partial charge in [0.05, 0.1) is 11.1 Å².